The number of benzene rings is 2. The van der Waals surface area contributed by atoms with Crippen molar-refractivity contribution >= 4 is 29.3 Å². The van der Waals surface area contributed by atoms with Crippen molar-refractivity contribution in [1.82, 2.24) is 0 Å². The van der Waals surface area contributed by atoms with Gasteiger partial charge in [-0.1, -0.05) is 18.7 Å². The van der Waals surface area contributed by atoms with E-state index in [1.54, 1.807) is 37.3 Å². The SMILES string of the molecule is C=C(C)C(=O)Nc1ccc(NC(=O)C=Cc2ccc(OCC3CO3)cc2)cc1. The molecule has 0 bridgehead atoms. The van der Waals surface area contributed by atoms with Gasteiger partial charge in [0.05, 0.1) is 6.61 Å². The molecule has 1 unspecified atom stereocenters. The quantitative estimate of drug-likeness (QED) is 0.543. The smallest absolute Gasteiger partial charge is 0.250 e. The standard InChI is InChI=1S/C22H22N2O4/c1-15(2)22(26)24-18-8-6-17(7-9-18)23-21(25)12-5-16-3-10-19(11-4-16)27-13-20-14-28-20/h3-12,20H,1,13-14H2,2H3,(H,23,25)(H,24,26). The Bertz CT molecular complexity index is 882. The fraction of sp³-hybridized carbons (Fsp3) is 0.182. The van der Waals surface area contributed by atoms with Crippen LogP contribution in [0.1, 0.15) is 12.5 Å². The Morgan fingerprint density at radius 3 is 2.29 bits per heavy atom. The van der Waals surface area contributed by atoms with Crippen LogP contribution < -0.4 is 15.4 Å². The molecule has 144 valence electrons. The molecule has 1 heterocycles. The molecule has 0 aromatic heterocycles. The average molecular weight is 378 g/mol. The lowest BCUT2D eigenvalue weighted by Crippen LogP contribution is -2.12. The van der Waals surface area contributed by atoms with Gasteiger partial charge in [0.25, 0.3) is 5.91 Å². The zero-order chi connectivity index (χ0) is 19.9. The number of hydrogen-bond donors (Lipinski definition) is 2. The molecule has 2 aromatic carbocycles. The minimum atomic E-state index is -0.245. The molecule has 6 nitrogen and oxygen atoms in total. The van der Waals surface area contributed by atoms with Crippen LogP contribution in [0.25, 0.3) is 6.08 Å². The molecule has 28 heavy (non-hydrogen) atoms. The summed E-state index contributed by atoms with van der Waals surface area (Å²) in [5, 5.41) is 5.48. The Morgan fingerprint density at radius 2 is 1.71 bits per heavy atom. The second-order valence-corrected chi connectivity index (χ2v) is 6.47. The van der Waals surface area contributed by atoms with Gasteiger partial charge >= 0.3 is 0 Å². The summed E-state index contributed by atoms with van der Waals surface area (Å²) in [5.41, 5.74) is 2.59. The molecule has 1 fully saturated rings. The van der Waals surface area contributed by atoms with Crippen molar-refractivity contribution < 1.29 is 19.1 Å². The molecule has 1 atom stereocenters. The minimum absolute atomic E-state index is 0.222. The number of carbonyl (C=O) groups is 2. The van der Waals surface area contributed by atoms with Crippen molar-refractivity contribution in [1.29, 1.82) is 0 Å². The summed E-state index contributed by atoms with van der Waals surface area (Å²) < 4.78 is 10.7. The van der Waals surface area contributed by atoms with Crippen LogP contribution in [0.5, 0.6) is 5.75 Å². The van der Waals surface area contributed by atoms with E-state index in [-0.39, 0.29) is 17.9 Å². The van der Waals surface area contributed by atoms with Gasteiger partial charge in [0.2, 0.25) is 5.91 Å². The van der Waals surface area contributed by atoms with E-state index in [0.29, 0.717) is 23.6 Å². The van der Waals surface area contributed by atoms with Crippen LogP contribution in [0.4, 0.5) is 11.4 Å². The minimum Gasteiger partial charge on any atom is -0.491 e. The third kappa shape index (κ3) is 6.10. The van der Waals surface area contributed by atoms with Crippen LogP contribution in [0.2, 0.25) is 0 Å². The summed E-state index contributed by atoms with van der Waals surface area (Å²) >= 11 is 0. The lowest BCUT2D eigenvalue weighted by atomic mass is 10.2. The highest BCUT2D eigenvalue weighted by Gasteiger charge is 2.22. The zero-order valence-electron chi connectivity index (χ0n) is 15.6. The largest absolute Gasteiger partial charge is 0.491 e. The Labute approximate surface area is 163 Å². The summed E-state index contributed by atoms with van der Waals surface area (Å²) in [6.07, 6.45) is 3.41. The molecule has 2 N–H and O–H groups in total. The topological polar surface area (TPSA) is 80.0 Å². The first kappa shape index (κ1) is 19.4. The zero-order valence-corrected chi connectivity index (χ0v) is 15.6. The van der Waals surface area contributed by atoms with Crippen molar-refractivity contribution in [3.05, 3.63) is 72.3 Å². The molecule has 0 spiro atoms. The molecular formula is C22H22N2O4. The maximum atomic E-state index is 12.1. The molecule has 2 amide bonds. The van der Waals surface area contributed by atoms with Gasteiger partial charge in [-0.15, -0.1) is 0 Å². The van der Waals surface area contributed by atoms with Crippen molar-refractivity contribution in [2.75, 3.05) is 23.8 Å². The molecule has 2 aromatic rings. The summed E-state index contributed by atoms with van der Waals surface area (Å²) in [7, 11) is 0. The van der Waals surface area contributed by atoms with Crippen LogP contribution in [-0.2, 0) is 14.3 Å². The number of anilines is 2. The van der Waals surface area contributed by atoms with Gasteiger partial charge < -0.3 is 20.1 Å². The first-order chi connectivity index (χ1) is 13.5. The summed E-state index contributed by atoms with van der Waals surface area (Å²) in [5.74, 6) is 0.290. The Hall–Kier alpha value is -3.38. The number of hydrogen-bond acceptors (Lipinski definition) is 4. The number of epoxide rings is 1. The van der Waals surface area contributed by atoms with Crippen LogP contribution in [0.3, 0.4) is 0 Å². The Morgan fingerprint density at radius 1 is 1.11 bits per heavy atom. The predicted molar refractivity (Wildman–Crippen MR) is 109 cm³/mol. The number of nitrogens with one attached hydrogen (secondary N) is 2. The predicted octanol–water partition coefficient (Wildman–Crippen LogP) is 3.63. The van der Waals surface area contributed by atoms with Crippen LogP contribution >= 0.6 is 0 Å². The Kier molecular flexibility index (Phi) is 6.24. The van der Waals surface area contributed by atoms with Crippen LogP contribution in [0.15, 0.2) is 66.8 Å². The van der Waals surface area contributed by atoms with E-state index in [9.17, 15) is 9.59 Å². The number of rotatable bonds is 8. The monoisotopic (exact) mass is 378 g/mol. The third-order valence-electron chi connectivity index (χ3n) is 3.94. The van der Waals surface area contributed by atoms with Crippen LogP contribution in [0, 0.1) is 0 Å². The normalized spacial score (nSPS) is 15.1. The first-order valence-corrected chi connectivity index (χ1v) is 8.90. The van der Waals surface area contributed by atoms with E-state index in [2.05, 4.69) is 17.2 Å². The van der Waals surface area contributed by atoms with Gasteiger partial charge in [-0.25, -0.2) is 0 Å². The molecule has 0 saturated carbocycles. The van der Waals surface area contributed by atoms with Gasteiger partial charge in [0, 0.05) is 23.0 Å². The molecule has 6 heteroatoms. The van der Waals surface area contributed by atoms with Crippen LogP contribution in [-0.4, -0.2) is 31.1 Å². The molecule has 3 rings (SSSR count). The van der Waals surface area contributed by atoms with Gasteiger partial charge in [-0.3, -0.25) is 9.59 Å². The lowest BCUT2D eigenvalue weighted by molar-refractivity contribution is -0.113. The highest BCUT2D eigenvalue weighted by atomic mass is 16.6. The molecule has 1 aliphatic rings. The van der Waals surface area contributed by atoms with E-state index in [0.717, 1.165) is 17.9 Å². The highest BCUT2D eigenvalue weighted by molar-refractivity contribution is 6.04. The van der Waals surface area contributed by atoms with E-state index >= 15 is 0 Å². The van der Waals surface area contributed by atoms with Gasteiger partial charge in [-0.2, -0.15) is 0 Å². The molecule has 1 saturated heterocycles. The third-order valence-corrected chi connectivity index (χ3v) is 3.94. The van der Waals surface area contributed by atoms with E-state index < -0.39 is 0 Å². The maximum absolute atomic E-state index is 12.1. The van der Waals surface area contributed by atoms with E-state index in [1.807, 2.05) is 24.3 Å². The molecule has 0 radical (unpaired) electrons. The van der Waals surface area contributed by atoms with Gasteiger partial charge in [0.15, 0.2) is 0 Å². The highest BCUT2D eigenvalue weighted by Crippen LogP contribution is 2.17. The maximum Gasteiger partial charge on any atom is 0.250 e. The van der Waals surface area contributed by atoms with Crippen molar-refractivity contribution in [2.24, 2.45) is 0 Å². The fourth-order valence-electron chi connectivity index (χ4n) is 2.26. The first-order valence-electron chi connectivity index (χ1n) is 8.90. The number of amides is 2. The molecular weight excluding hydrogens is 356 g/mol. The van der Waals surface area contributed by atoms with Crippen molar-refractivity contribution in [3.63, 3.8) is 0 Å². The Balaban J connectivity index is 1.48. The summed E-state index contributed by atoms with van der Waals surface area (Å²) in [6.45, 7) is 6.56. The molecule has 0 aliphatic carbocycles. The average Bonchev–Trinajstić information content (AvgIpc) is 3.51. The van der Waals surface area contributed by atoms with E-state index in [4.69, 9.17) is 9.47 Å². The van der Waals surface area contributed by atoms with Crippen molar-refractivity contribution in [3.8, 4) is 5.75 Å². The molecule has 1 aliphatic heterocycles. The van der Waals surface area contributed by atoms with E-state index in [1.165, 1.54) is 6.08 Å². The number of ether oxygens (including phenoxy) is 2. The fourth-order valence-corrected chi connectivity index (χ4v) is 2.26. The summed E-state index contributed by atoms with van der Waals surface area (Å²) in [4.78, 5) is 23.7. The van der Waals surface area contributed by atoms with Gasteiger partial charge in [0.1, 0.15) is 18.5 Å². The lowest BCUT2D eigenvalue weighted by Gasteiger charge is -2.06. The van der Waals surface area contributed by atoms with Crippen molar-refractivity contribution in [2.45, 2.75) is 13.0 Å². The second kappa shape index (κ2) is 9.01. The van der Waals surface area contributed by atoms with Gasteiger partial charge in [-0.05, 0) is 55.0 Å². The second-order valence-electron chi connectivity index (χ2n) is 6.47. The summed E-state index contributed by atoms with van der Waals surface area (Å²) in [6, 6.07) is 14.3. The number of carbonyl (C=O) groups excluding carboxylic acids is 2.